The van der Waals surface area contributed by atoms with Crippen LogP contribution in [0.25, 0.3) is 10.4 Å². The smallest absolute Gasteiger partial charge is 0.0357 e. The number of rotatable bonds is 1. The minimum atomic E-state index is 1.19. The molecule has 15 heavy (non-hydrogen) atoms. The molecule has 1 aliphatic carbocycles. The Labute approximate surface area is 102 Å². The van der Waals surface area contributed by atoms with E-state index in [1.807, 2.05) is 11.3 Å². The quantitative estimate of drug-likeness (QED) is 0.711. The van der Waals surface area contributed by atoms with Crippen molar-refractivity contribution in [1.29, 1.82) is 0 Å². The average Bonchev–Trinajstić information content (AvgIpc) is 2.84. The third-order valence-electron chi connectivity index (χ3n) is 2.98. The SMILES string of the molecule is Brc1csc(-c2cccc3c2CCC3)c1. The molecule has 0 unspecified atom stereocenters. The monoisotopic (exact) mass is 278 g/mol. The fourth-order valence-corrected chi connectivity index (χ4v) is 3.79. The van der Waals surface area contributed by atoms with Crippen molar-refractivity contribution in [3.8, 4) is 10.4 Å². The van der Waals surface area contributed by atoms with E-state index in [9.17, 15) is 0 Å². The molecule has 3 rings (SSSR count). The van der Waals surface area contributed by atoms with E-state index in [2.05, 4.69) is 45.6 Å². The van der Waals surface area contributed by atoms with Crippen LogP contribution in [0.5, 0.6) is 0 Å². The lowest BCUT2D eigenvalue weighted by Gasteiger charge is -2.05. The topological polar surface area (TPSA) is 0 Å². The number of fused-ring (bicyclic) bond motifs is 1. The van der Waals surface area contributed by atoms with Gasteiger partial charge in [0.1, 0.15) is 0 Å². The number of thiophene rings is 1. The molecule has 1 heterocycles. The summed E-state index contributed by atoms with van der Waals surface area (Å²) < 4.78 is 1.19. The highest BCUT2D eigenvalue weighted by Crippen LogP contribution is 2.36. The van der Waals surface area contributed by atoms with Crippen molar-refractivity contribution in [2.45, 2.75) is 19.3 Å². The maximum Gasteiger partial charge on any atom is 0.0357 e. The van der Waals surface area contributed by atoms with Crippen LogP contribution in [0, 0.1) is 0 Å². The predicted octanol–water partition coefficient (Wildman–Crippen LogP) is 4.67. The Hall–Kier alpha value is -0.600. The van der Waals surface area contributed by atoms with Crippen LogP contribution < -0.4 is 0 Å². The van der Waals surface area contributed by atoms with E-state index in [1.165, 1.54) is 34.2 Å². The lowest BCUT2D eigenvalue weighted by Crippen LogP contribution is -1.85. The van der Waals surface area contributed by atoms with Gasteiger partial charge < -0.3 is 0 Å². The standard InChI is InChI=1S/C13H11BrS/c14-10-7-13(15-8-10)12-6-2-4-9-3-1-5-11(9)12/h2,4,6-8H,1,3,5H2. The predicted molar refractivity (Wildman–Crippen MR) is 69.5 cm³/mol. The highest BCUT2D eigenvalue weighted by atomic mass is 79.9. The molecule has 0 saturated carbocycles. The number of halogens is 1. The molecule has 0 saturated heterocycles. The molecule has 0 nitrogen and oxygen atoms in total. The normalized spacial score (nSPS) is 14.2. The molecule has 0 spiro atoms. The van der Waals surface area contributed by atoms with Gasteiger partial charge in [-0.15, -0.1) is 11.3 Å². The Morgan fingerprint density at radius 2 is 2.13 bits per heavy atom. The summed E-state index contributed by atoms with van der Waals surface area (Å²) in [4.78, 5) is 1.39. The fraction of sp³-hybridized carbons (Fsp3) is 0.231. The number of hydrogen-bond donors (Lipinski definition) is 0. The van der Waals surface area contributed by atoms with Gasteiger partial charge in [-0.25, -0.2) is 0 Å². The first-order valence-electron chi connectivity index (χ1n) is 5.20. The average molecular weight is 279 g/mol. The zero-order valence-electron chi connectivity index (χ0n) is 8.29. The molecule has 0 bridgehead atoms. The molecule has 0 amide bonds. The van der Waals surface area contributed by atoms with Crippen molar-refractivity contribution in [1.82, 2.24) is 0 Å². The van der Waals surface area contributed by atoms with Crippen LogP contribution in [0.3, 0.4) is 0 Å². The second-order valence-electron chi connectivity index (χ2n) is 3.93. The molecular formula is C13H11BrS. The number of aryl methyl sites for hydroxylation is 1. The first-order chi connectivity index (χ1) is 7.34. The summed E-state index contributed by atoms with van der Waals surface area (Å²) in [6, 6.07) is 8.93. The Kier molecular flexibility index (Phi) is 2.41. The molecule has 0 fully saturated rings. The van der Waals surface area contributed by atoms with Gasteiger partial charge in [-0.05, 0) is 57.9 Å². The third kappa shape index (κ3) is 1.66. The maximum atomic E-state index is 3.52. The summed E-state index contributed by atoms with van der Waals surface area (Å²) in [5, 5.41) is 2.16. The van der Waals surface area contributed by atoms with E-state index in [-0.39, 0.29) is 0 Å². The Balaban J connectivity index is 2.16. The lowest BCUT2D eigenvalue weighted by molar-refractivity contribution is 0.912. The Morgan fingerprint density at radius 1 is 1.20 bits per heavy atom. The van der Waals surface area contributed by atoms with Crippen molar-refractivity contribution in [2.75, 3.05) is 0 Å². The number of benzene rings is 1. The first kappa shape index (κ1) is 9.61. The maximum absolute atomic E-state index is 3.52. The Morgan fingerprint density at radius 3 is 2.93 bits per heavy atom. The molecule has 1 aromatic heterocycles. The lowest BCUT2D eigenvalue weighted by atomic mass is 10.0. The minimum Gasteiger partial charge on any atom is -0.143 e. The van der Waals surface area contributed by atoms with Crippen molar-refractivity contribution >= 4 is 27.3 Å². The summed E-state index contributed by atoms with van der Waals surface area (Å²) in [6.07, 6.45) is 3.83. The van der Waals surface area contributed by atoms with Crippen LogP contribution >= 0.6 is 27.3 Å². The zero-order valence-corrected chi connectivity index (χ0v) is 10.7. The third-order valence-corrected chi connectivity index (χ3v) is 4.70. The fourth-order valence-electron chi connectivity index (χ4n) is 2.30. The molecule has 0 aliphatic heterocycles. The summed E-state index contributed by atoms with van der Waals surface area (Å²) in [5.74, 6) is 0. The van der Waals surface area contributed by atoms with Crippen LogP contribution in [0.4, 0.5) is 0 Å². The molecular weight excluding hydrogens is 268 g/mol. The number of hydrogen-bond acceptors (Lipinski definition) is 1. The van der Waals surface area contributed by atoms with E-state index in [0.29, 0.717) is 0 Å². The van der Waals surface area contributed by atoms with Crippen molar-refractivity contribution in [2.24, 2.45) is 0 Å². The Bertz CT molecular complexity index is 499. The van der Waals surface area contributed by atoms with E-state index >= 15 is 0 Å². The van der Waals surface area contributed by atoms with Crippen molar-refractivity contribution < 1.29 is 0 Å². The van der Waals surface area contributed by atoms with Gasteiger partial charge >= 0.3 is 0 Å². The van der Waals surface area contributed by atoms with E-state index in [0.717, 1.165) is 0 Å². The van der Waals surface area contributed by atoms with Gasteiger partial charge in [0.2, 0.25) is 0 Å². The van der Waals surface area contributed by atoms with Gasteiger partial charge in [0, 0.05) is 14.7 Å². The van der Waals surface area contributed by atoms with Gasteiger partial charge in [-0.1, -0.05) is 18.2 Å². The molecule has 1 aromatic carbocycles. The molecule has 76 valence electrons. The highest BCUT2D eigenvalue weighted by molar-refractivity contribution is 9.10. The van der Waals surface area contributed by atoms with Crippen LogP contribution in [0.1, 0.15) is 17.5 Å². The second-order valence-corrected chi connectivity index (χ2v) is 5.75. The van der Waals surface area contributed by atoms with E-state index < -0.39 is 0 Å². The molecule has 2 aromatic rings. The van der Waals surface area contributed by atoms with Gasteiger partial charge in [-0.3, -0.25) is 0 Å². The van der Waals surface area contributed by atoms with Gasteiger partial charge in [0.15, 0.2) is 0 Å². The largest absolute Gasteiger partial charge is 0.143 e. The molecule has 2 heteroatoms. The molecule has 0 N–H and O–H groups in total. The van der Waals surface area contributed by atoms with E-state index in [4.69, 9.17) is 0 Å². The van der Waals surface area contributed by atoms with Gasteiger partial charge in [0.25, 0.3) is 0 Å². The second kappa shape index (κ2) is 3.76. The summed E-state index contributed by atoms with van der Waals surface area (Å²) in [6.45, 7) is 0. The first-order valence-corrected chi connectivity index (χ1v) is 6.87. The van der Waals surface area contributed by atoms with Crippen LogP contribution in [-0.2, 0) is 12.8 Å². The summed E-state index contributed by atoms with van der Waals surface area (Å²) in [7, 11) is 0. The molecule has 0 atom stereocenters. The van der Waals surface area contributed by atoms with E-state index in [1.54, 1.807) is 11.1 Å². The van der Waals surface area contributed by atoms with Gasteiger partial charge in [0.05, 0.1) is 0 Å². The highest BCUT2D eigenvalue weighted by Gasteiger charge is 2.15. The van der Waals surface area contributed by atoms with Crippen molar-refractivity contribution in [3.05, 3.63) is 45.2 Å². The van der Waals surface area contributed by atoms with Crippen LogP contribution in [0.2, 0.25) is 0 Å². The van der Waals surface area contributed by atoms with Crippen LogP contribution in [0.15, 0.2) is 34.1 Å². The van der Waals surface area contributed by atoms with Crippen molar-refractivity contribution in [3.63, 3.8) is 0 Å². The molecule has 0 radical (unpaired) electrons. The zero-order chi connectivity index (χ0) is 10.3. The molecule has 1 aliphatic rings. The summed E-state index contributed by atoms with van der Waals surface area (Å²) >= 11 is 5.34. The minimum absolute atomic E-state index is 1.19. The van der Waals surface area contributed by atoms with Gasteiger partial charge in [-0.2, -0.15) is 0 Å². The summed E-state index contributed by atoms with van der Waals surface area (Å²) in [5.41, 5.74) is 4.57. The van der Waals surface area contributed by atoms with Crippen LogP contribution in [-0.4, -0.2) is 0 Å².